The minimum Gasteiger partial charge on any atom is -0.444 e. The van der Waals surface area contributed by atoms with E-state index in [1.165, 1.54) is 0 Å². The second-order valence-electron chi connectivity index (χ2n) is 5.13. The molecule has 2 aliphatic rings. The van der Waals surface area contributed by atoms with Crippen molar-refractivity contribution < 1.29 is 9.53 Å². The molecule has 0 radical (unpaired) electrons. The van der Waals surface area contributed by atoms with Gasteiger partial charge in [-0.05, 0) is 19.4 Å². The lowest BCUT2D eigenvalue weighted by molar-refractivity contribution is -0.116. The number of aryl methyl sites for hydroxylation is 1. The number of nitriles is 1. The Balaban J connectivity index is 2.14. The minimum atomic E-state index is -0.501. The Kier molecular flexibility index (Phi) is 3.26. The van der Waals surface area contributed by atoms with E-state index in [9.17, 15) is 10.1 Å². The predicted octanol–water partition coefficient (Wildman–Crippen LogP) is 1.72. The van der Waals surface area contributed by atoms with Crippen LogP contribution in [-0.4, -0.2) is 15.6 Å². The van der Waals surface area contributed by atoms with Gasteiger partial charge >= 0.3 is 0 Å². The number of carbonyl (C=O) groups excluding carboxylic acids is 1. The highest BCUT2D eigenvalue weighted by molar-refractivity contribution is 5.99. The van der Waals surface area contributed by atoms with Gasteiger partial charge in [0.05, 0.1) is 11.6 Å². The van der Waals surface area contributed by atoms with Gasteiger partial charge in [0, 0.05) is 31.2 Å². The van der Waals surface area contributed by atoms with Crippen molar-refractivity contribution in [1.29, 1.82) is 5.26 Å². The zero-order valence-electron chi connectivity index (χ0n) is 11.8. The van der Waals surface area contributed by atoms with Crippen LogP contribution in [-0.2, 0) is 16.1 Å². The fourth-order valence-corrected chi connectivity index (χ4v) is 2.86. The fraction of sp³-hybridized carbons (Fsp3) is 0.400. The molecule has 3 rings (SSSR count). The average molecular weight is 284 g/mol. The van der Waals surface area contributed by atoms with E-state index in [0.29, 0.717) is 29.9 Å². The molecular formula is C15H16N4O2. The van der Waals surface area contributed by atoms with E-state index in [-0.39, 0.29) is 17.2 Å². The summed E-state index contributed by atoms with van der Waals surface area (Å²) in [7, 11) is 0. The number of hydrogen-bond acceptors (Lipinski definition) is 5. The molecule has 0 bridgehead atoms. The lowest BCUT2D eigenvalue weighted by Gasteiger charge is -2.29. The Morgan fingerprint density at radius 3 is 3.05 bits per heavy atom. The lowest BCUT2D eigenvalue weighted by Crippen LogP contribution is -2.27. The Hall–Kier alpha value is -2.55. The van der Waals surface area contributed by atoms with Crippen LogP contribution in [0.25, 0.3) is 0 Å². The van der Waals surface area contributed by atoms with Crippen molar-refractivity contribution in [3.8, 4) is 6.07 Å². The van der Waals surface area contributed by atoms with E-state index in [1.807, 2.05) is 19.2 Å². The van der Waals surface area contributed by atoms with Gasteiger partial charge in [-0.15, -0.1) is 0 Å². The quantitative estimate of drug-likeness (QED) is 0.892. The summed E-state index contributed by atoms with van der Waals surface area (Å²) in [5.74, 6) is 0.202. The van der Waals surface area contributed by atoms with Crippen LogP contribution in [0.5, 0.6) is 0 Å². The van der Waals surface area contributed by atoms with Crippen molar-refractivity contribution in [1.82, 2.24) is 9.78 Å². The highest BCUT2D eigenvalue weighted by atomic mass is 16.5. The molecule has 0 aromatic carbocycles. The van der Waals surface area contributed by atoms with Crippen molar-refractivity contribution in [2.75, 3.05) is 0 Å². The summed E-state index contributed by atoms with van der Waals surface area (Å²) in [4.78, 5) is 12.3. The summed E-state index contributed by atoms with van der Waals surface area (Å²) < 4.78 is 7.28. The number of ketones is 1. The summed E-state index contributed by atoms with van der Waals surface area (Å²) in [6.07, 6.45) is 3.74. The Bertz CT molecular complexity index is 706. The first-order chi connectivity index (χ1) is 10.2. The predicted molar refractivity (Wildman–Crippen MR) is 74.4 cm³/mol. The van der Waals surface area contributed by atoms with Crippen molar-refractivity contribution in [2.45, 2.75) is 38.6 Å². The molecule has 1 aliphatic heterocycles. The summed E-state index contributed by atoms with van der Waals surface area (Å²) >= 11 is 0. The maximum atomic E-state index is 12.3. The summed E-state index contributed by atoms with van der Waals surface area (Å²) in [6.45, 7) is 2.71. The maximum absolute atomic E-state index is 12.3. The molecule has 108 valence electrons. The third-order valence-electron chi connectivity index (χ3n) is 3.89. The highest BCUT2D eigenvalue weighted by Crippen LogP contribution is 2.42. The Morgan fingerprint density at radius 2 is 2.38 bits per heavy atom. The monoisotopic (exact) mass is 284 g/mol. The average Bonchev–Trinajstić information content (AvgIpc) is 2.94. The molecule has 0 fully saturated rings. The van der Waals surface area contributed by atoms with Crippen molar-refractivity contribution in [2.24, 2.45) is 5.73 Å². The summed E-state index contributed by atoms with van der Waals surface area (Å²) in [5.41, 5.74) is 7.35. The van der Waals surface area contributed by atoms with Crippen LogP contribution in [0.3, 0.4) is 0 Å². The molecule has 0 spiro atoms. The first-order valence-corrected chi connectivity index (χ1v) is 7.02. The Labute approximate surface area is 122 Å². The van der Waals surface area contributed by atoms with Gasteiger partial charge in [0.2, 0.25) is 5.88 Å². The summed E-state index contributed by atoms with van der Waals surface area (Å²) in [5, 5.41) is 13.8. The fourth-order valence-electron chi connectivity index (χ4n) is 2.86. The first-order valence-electron chi connectivity index (χ1n) is 7.02. The van der Waals surface area contributed by atoms with Gasteiger partial charge < -0.3 is 10.5 Å². The normalized spacial score (nSPS) is 21.9. The second-order valence-corrected chi connectivity index (χ2v) is 5.13. The van der Waals surface area contributed by atoms with Gasteiger partial charge in [-0.25, -0.2) is 0 Å². The van der Waals surface area contributed by atoms with Crippen LogP contribution in [0.4, 0.5) is 0 Å². The molecule has 1 aromatic rings. The van der Waals surface area contributed by atoms with Crippen LogP contribution in [0.15, 0.2) is 35.1 Å². The van der Waals surface area contributed by atoms with Crippen LogP contribution in [0.2, 0.25) is 0 Å². The number of ether oxygens (including phenoxy) is 1. The molecule has 6 nitrogen and oxygen atoms in total. The zero-order valence-corrected chi connectivity index (χ0v) is 11.8. The third-order valence-corrected chi connectivity index (χ3v) is 3.89. The smallest absolute Gasteiger partial charge is 0.205 e. The van der Waals surface area contributed by atoms with E-state index in [4.69, 9.17) is 10.5 Å². The SMILES string of the molecule is CCn1ccc([C@H]2C(C#N)=C(N)OC3=C2C(=O)CCC3)n1. The van der Waals surface area contributed by atoms with Crippen LogP contribution in [0.1, 0.15) is 37.8 Å². The Morgan fingerprint density at radius 1 is 1.57 bits per heavy atom. The van der Waals surface area contributed by atoms with Crippen molar-refractivity contribution >= 4 is 5.78 Å². The first kappa shape index (κ1) is 13.4. The van der Waals surface area contributed by atoms with Crippen molar-refractivity contribution in [3.63, 3.8) is 0 Å². The number of hydrogen-bond donors (Lipinski definition) is 1. The van der Waals surface area contributed by atoms with Gasteiger partial charge in [-0.2, -0.15) is 10.4 Å². The molecule has 1 aliphatic carbocycles. The molecule has 0 amide bonds. The second kappa shape index (κ2) is 5.09. The van der Waals surface area contributed by atoms with Crippen LogP contribution in [0, 0.1) is 11.3 Å². The van der Waals surface area contributed by atoms with E-state index < -0.39 is 5.92 Å². The molecule has 6 heteroatoms. The molecule has 0 saturated carbocycles. The van der Waals surface area contributed by atoms with Gasteiger partial charge in [-0.1, -0.05) is 0 Å². The minimum absolute atomic E-state index is 0.0209. The lowest BCUT2D eigenvalue weighted by atomic mass is 9.80. The number of nitrogens with two attached hydrogens (primary N) is 1. The number of allylic oxidation sites excluding steroid dienone is 3. The van der Waals surface area contributed by atoms with E-state index in [1.54, 1.807) is 4.68 Å². The van der Waals surface area contributed by atoms with E-state index in [2.05, 4.69) is 11.2 Å². The number of carbonyl (C=O) groups is 1. The van der Waals surface area contributed by atoms with Gasteiger partial charge in [0.15, 0.2) is 5.78 Å². The van der Waals surface area contributed by atoms with Gasteiger partial charge in [-0.3, -0.25) is 9.48 Å². The zero-order chi connectivity index (χ0) is 15.0. The van der Waals surface area contributed by atoms with Gasteiger partial charge in [0.1, 0.15) is 17.4 Å². The molecule has 0 saturated heterocycles. The molecule has 1 aromatic heterocycles. The topological polar surface area (TPSA) is 93.9 Å². The molecular weight excluding hydrogens is 268 g/mol. The third kappa shape index (κ3) is 2.11. The molecule has 21 heavy (non-hydrogen) atoms. The standard InChI is InChI=1S/C15H16N4O2/c1-2-19-7-6-10(18-19)13-9(8-16)15(17)21-12-5-3-4-11(20)14(12)13/h6-7,13H,2-5,17H2,1H3/t13-/m1/s1. The molecule has 0 unspecified atom stereocenters. The number of rotatable bonds is 2. The number of nitrogens with zero attached hydrogens (tertiary/aromatic N) is 3. The van der Waals surface area contributed by atoms with E-state index >= 15 is 0 Å². The van der Waals surface area contributed by atoms with E-state index in [0.717, 1.165) is 13.0 Å². The largest absolute Gasteiger partial charge is 0.444 e. The molecule has 1 atom stereocenters. The van der Waals surface area contributed by atoms with Crippen molar-refractivity contribution in [3.05, 3.63) is 40.7 Å². The maximum Gasteiger partial charge on any atom is 0.205 e. The van der Waals surface area contributed by atoms with Gasteiger partial charge in [0.25, 0.3) is 0 Å². The summed E-state index contributed by atoms with van der Waals surface area (Å²) in [6, 6.07) is 3.91. The number of aromatic nitrogens is 2. The van der Waals surface area contributed by atoms with Crippen LogP contribution >= 0.6 is 0 Å². The molecule has 2 heterocycles. The van der Waals surface area contributed by atoms with Crippen LogP contribution < -0.4 is 5.73 Å². The molecule has 2 N–H and O–H groups in total. The highest BCUT2D eigenvalue weighted by Gasteiger charge is 2.39. The number of Topliss-reactive ketones (excluding diaryl/α,β-unsaturated/α-hetero) is 1.